The molecule has 1 heterocycles. The number of carbonyl (C=O) groups is 1. The second-order valence-electron chi connectivity index (χ2n) is 3.84. The largest absolute Gasteiger partial charge is 0.383 e. The van der Waals surface area contributed by atoms with Crippen LogP contribution in [0, 0.1) is 0 Å². The molecule has 94 valence electrons. The van der Waals surface area contributed by atoms with Gasteiger partial charge in [-0.3, -0.25) is 9.78 Å². The van der Waals surface area contributed by atoms with Gasteiger partial charge in [0.25, 0.3) is 0 Å². The van der Waals surface area contributed by atoms with Crippen molar-refractivity contribution in [2.24, 2.45) is 0 Å². The summed E-state index contributed by atoms with van der Waals surface area (Å²) in [6, 6.07) is 7.48. The van der Waals surface area contributed by atoms with E-state index in [0.717, 1.165) is 16.6 Å². The molecule has 1 aromatic carbocycles. The number of anilines is 1. The van der Waals surface area contributed by atoms with E-state index in [0.29, 0.717) is 18.0 Å². The van der Waals surface area contributed by atoms with Gasteiger partial charge < -0.3 is 10.6 Å². The van der Waals surface area contributed by atoms with Gasteiger partial charge in [0.1, 0.15) is 0 Å². The maximum absolute atomic E-state index is 11.1. The van der Waals surface area contributed by atoms with Crippen LogP contribution in [0.4, 0.5) is 5.69 Å². The van der Waals surface area contributed by atoms with E-state index in [4.69, 9.17) is 11.6 Å². The van der Waals surface area contributed by atoms with Gasteiger partial charge in [-0.05, 0) is 24.3 Å². The van der Waals surface area contributed by atoms with Gasteiger partial charge in [0.05, 0.1) is 16.2 Å². The zero-order valence-corrected chi connectivity index (χ0v) is 10.8. The van der Waals surface area contributed by atoms with Crippen molar-refractivity contribution in [3.63, 3.8) is 0 Å². The Morgan fingerprint density at radius 1 is 1.39 bits per heavy atom. The van der Waals surface area contributed by atoms with Crippen LogP contribution in [-0.2, 0) is 4.79 Å². The highest BCUT2D eigenvalue weighted by Crippen LogP contribution is 2.27. The molecule has 0 saturated carbocycles. The molecule has 0 unspecified atom stereocenters. The van der Waals surface area contributed by atoms with Crippen LogP contribution in [0.25, 0.3) is 10.9 Å². The number of nitrogens with zero attached hydrogens (tertiary/aromatic N) is 1. The fourth-order valence-electron chi connectivity index (χ4n) is 1.72. The van der Waals surface area contributed by atoms with Crippen LogP contribution in [0.1, 0.15) is 6.42 Å². The van der Waals surface area contributed by atoms with Crippen molar-refractivity contribution >= 4 is 34.1 Å². The normalized spacial score (nSPS) is 10.3. The molecule has 0 fully saturated rings. The Morgan fingerprint density at radius 3 is 3.00 bits per heavy atom. The minimum absolute atomic E-state index is 0.00808. The summed E-state index contributed by atoms with van der Waals surface area (Å²) < 4.78 is 0. The van der Waals surface area contributed by atoms with Gasteiger partial charge >= 0.3 is 0 Å². The second kappa shape index (κ2) is 5.69. The number of carbonyl (C=O) groups excluding carboxylic acids is 1. The second-order valence-corrected chi connectivity index (χ2v) is 4.25. The minimum Gasteiger partial charge on any atom is -0.383 e. The molecule has 4 nitrogen and oxygen atoms in total. The first-order valence-electron chi connectivity index (χ1n) is 5.70. The number of halogens is 1. The molecular formula is C13H14ClN3O. The lowest BCUT2D eigenvalue weighted by Crippen LogP contribution is -2.20. The first-order valence-corrected chi connectivity index (χ1v) is 6.08. The minimum atomic E-state index is 0.00808. The number of benzene rings is 1. The number of hydrogen-bond donors (Lipinski definition) is 2. The average molecular weight is 264 g/mol. The lowest BCUT2D eigenvalue weighted by Gasteiger charge is -2.09. The van der Waals surface area contributed by atoms with E-state index in [9.17, 15) is 4.79 Å². The first-order chi connectivity index (χ1) is 8.72. The van der Waals surface area contributed by atoms with E-state index in [2.05, 4.69) is 15.6 Å². The van der Waals surface area contributed by atoms with Gasteiger partial charge in [0.15, 0.2) is 0 Å². The highest BCUT2D eigenvalue weighted by Gasteiger charge is 2.05. The predicted molar refractivity (Wildman–Crippen MR) is 73.9 cm³/mol. The van der Waals surface area contributed by atoms with Crippen molar-refractivity contribution < 1.29 is 4.79 Å². The first kappa shape index (κ1) is 12.6. The summed E-state index contributed by atoms with van der Waals surface area (Å²) in [5.41, 5.74) is 1.71. The molecule has 2 aromatic rings. The summed E-state index contributed by atoms with van der Waals surface area (Å²) in [7, 11) is 1.63. The van der Waals surface area contributed by atoms with Gasteiger partial charge in [-0.2, -0.15) is 0 Å². The molecule has 0 spiro atoms. The summed E-state index contributed by atoms with van der Waals surface area (Å²) in [6.07, 6.45) is 2.15. The molecule has 0 atom stereocenters. The van der Waals surface area contributed by atoms with Crippen LogP contribution in [-0.4, -0.2) is 24.5 Å². The zero-order valence-electron chi connectivity index (χ0n) is 10.0. The van der Waals surface area contributed by atoms with Gasteiger partial charge in [-0.15, -0.1) is 0 Å². The number of fused-ring (bicyclic) bond motifs is 1. The molecule has 0 saturated heterocycles. The van der Waals surface area contributed by atoms with Crippen LogP contribution in [0.15, 0.2) is 30.5 Å². The van der Waals surface area contributed by atoms with E-state index >= 15 is 0 Å². The lowest BCUT2D eigenvalue weighted by molar-refractivity contribution is -0.120. The van der Waals surface area contributed by atoms with Crippen molar-refractivity contribution in [2.75, 3.05) is 18.9 Å². The number of hydrogen-bond acceptors (Lipinski definition) is 3. The molecule has 1 aromatic heterocycles. The molecule has 0 bridgehead atoms. The molecule has 2 rings (SSSR count). The molecule has 2 N–H and O–H groups in total. The predicted octanol–water partition coefficient (Wildman–Crippen LogP) is 2.44. The van der Waals surface area contributed by atoms with Crippen LogP contribution in [0.3, 0.4) is 0 Å². The Balaban J connectivity index is 2.18. The van der Waals surface area contributed by atoms with E-state index in [1.807, 2.05) is 24.3 Å². The summed E-state index contributed by atoms with van der Waals surface area (Å²) >= 11 is 6.10. The topological polar surface area (TPSA) is 54.0 Å². The highest BCUT2D eigenvalue weighted by atomic mass is 35.5. The van der Waals surface area contributed by atoms with E-state index in [-0.39, 0.29) is 5.91 Å². The van der Waals surface area contributed by atoms with Crippen LogP contribution < -0.4 is 10.6 Å². The van der Waals surface area contributed by atoms with Crippen molar-refractivity contribution in [1.82, 2.24) is 10.3 Å². The van der Waals surface area contributed by atoms with Crippen molar-refractivity contribution in [2.45, 2.75) is 6.42 Å². The fraction of sp³-hybridized carbons (Fsp3) is 0.231. The Morgan fingerprint density at radius 2 is 2.22 bits per heavy atom. The van der Waals surface area contributed by atoms with E-state index in [1.165, 1.54) is 0 Å². The number of pyridine rings is 1. The number of amides is 1. The molecular weight excluding hydrogens is 250 g/mol. The van der Waals surface area contributed by atoms with Gasteiger partial charge in [0.2, 0.25) is 5.91 Å². The molecule has 5 heteroatoms. The highest BCUT2D eigenvalue weighted by molar-refractivity contribution is 6.35. The Bertz CT molecular complexity index is 571. The summed E-state index contributed by atoms with van der Waals surface area (Å²) in [5, 5.41) is 7.36. The molecule has 0 aliphatic carbocycles. The van der Waals surface area contributed by atoms with Crippen LogP contribution in [0.5, 0.6) is 0 Å². The quantitative estimate of drug-likeness (QED) is 0.891. The lowest BCUT2D eigenvalue weighted by atomic mass is 10.2. The third kappa shape index (κ3) is 2.71. The number of aromatic nitrogens is 1. The third-order valence-electron chi connectivity index (χ3n) is 2.66. The molecule has 18 heavy (non-hydrogen) atoms. The van der Waals surface area contributed by atoms with Gasteiger partial charge in [-0.25, -0.2) is 0 Å². The fourth-order valence-corrected chi connectivity index (χ4v) is 1.93. The number of rotatable bonds is 4. The van der Waals surface area contributed by atoms with E-state index < -0.39 is 0 Å². The summed E-state index contributed by atoms with van der Waals surface area (Å²) in [6.45, 7) is 0.562. The Hall–Kier alpha value is -1.81. The molecule has 0 aliphatic heterocycles. The summed E-state index contributed by atoms with van der Waals surface area (Å²) in [5.74, 6) is 0.00808. The average Bonchev–Trinajstić information content (AvgIpc) is 2.41. The van der Waals surface area contributed by atoms with Gasteiger partial charge in [0, 0.05) is 31.6 Å². The van der Waals surface area contributed by atoms with Crippen LogP contribution in [0.2, 0.25) is 5.02 Å². The Kier molecular flexibility index (Phi) is 3.99. The standard InChI is InChI=1S/C13H14ClN3O/c1-15-12(18)6-8-16-11-5-4-10(14)9-3-2-7-17-13(9)11/h2-5,7,16H,6,8H2,1H3,(H,15,18). The van der Waals surface area contributed by atoms with Crippen LogP contribution >= 0.6 is 11.6 Å². The Labute approximate surface area is 110 Å². The summed E-state index contributed by atoms with van der Waals surface area (Å²) in [4.78, 5) is 15.4. The smallest absolute Gasteiger partial charge is 0.221 e. The molecule has 0 aliphatic rings. The van der Waals surface area contributed by atoms with E-state index in [1.54, 1.807) is 13.2 Å². The monoisotopic (exact) mass is 263 g/mol. The third-order valence-corrected chi connectivity index (χ3v) is 2.99. The molecule has 1 amide bonds. The molecule has 0 radical (unpaired) electrons. The van der Waals surface area contributed by atoms with Crippen molar-refractivity contribution in [1.29, 1.82) is 0 Å². The zero-order chi connectivity index (χ0) is 13.0. The maximum atomic E-state index is 11.1. The maximum Gasteiger partial charge on any atom is 0.221 e. The van der Waals surface area contributed by atoms with Crippen molar-refractivity contribution in [3.05, 3.63) is 35.5 Å². The SMILES string of the molecule is CNC(=O)CCNc1ccc(Cl)c2cccnc12. The van der Waals surface area contributed by atoms with Crippen molar-refractivity contribution in [3.8, 4) is 0 Å². The van der Waals surface area contributed by atoms with Gasteiger partial charge in [-0.1, -0.05) is 11.6 Å². The number of nitrogens with one attached hydrogen (secondary N) is 2.